The third kappa shape index (κ3) is 4.22. The third-order valence-electron chi connectivity index (χ3n) is 1.97. The molecule has 0 spiro atoms. The van der Waals surface area contributed by atoms with E-state index in [1.807, 2.05) is 0 Å². The zero-order chi connectivity index (χ0) is 13.0. The van der Waals surface area contributed by atoms with Crippen molar-refractivity contribution >= 4 is 0 Å². The van der Waals surface area contributed by atoms with Crippen LogP contribution in [0.5, 0.6) is 5.75 Å². The molecule has 0 aliphatic heterocycles. The lowest BCUT2D eigenvalue weighted by Crippen LogP contribution is -2.18. The molecule has 0 heterocycles. The lowest BCUT2D eigenvalue weighted by atomic mass is 10.1. The number of halogens is 4. The second-order valence-electron chi connectivity index (χ2n) is 3.77. The Labute approximate surface area is 96.4 Å². The van der Waals surface area contributed by atoms with E-state index in [0.717, 1.165) is 12.1 Å². The minimum Gasteiger partial charge on any atom is -0.482 e. The number of benzene rings is 1. The zero-order valence-corrected chi connectivity index (χ0v) is 9.22. The molecule has 1 unspecified atom stereocenters. The predicted octanol–water partition coefficient (Wildman–Crippen LogP) is 2.50. The average Bonchev–Trinajstić information content (AvgIpc) is 2.14. The van der Waals surface area contributed by atoms with Crippen molar-refractivity contribution in [2.24, 2.45) is 5.73 Å². The third-order valence-corrected chi connectivity index (χ3v) is 1.97. The van der Waals surface area contributed by atoms with E-state index in [9.17, 15) is 17.6 Å². The Morgan fingerprint density at radius 1 is 1.24 bits per heavy atom. The minimum absolute atomic E-state index is 0.248. The summed E-state index contributed by atoms with van der Waals surface area (Å²) in [6.45, 7) is 0.650. The van der Waals surface area contributed by atoms with Gasteiger partial charge in [-0.3, -0.25) is 0 Å². The van der Waals surface area contributed by atoms with Gasteiger partial charge in [0.05, 0.1) is 0 Å². The van der Waals surface area contributed by atoms with Crippen molar-refractivity contribution in [3.05, 3.63) is 29.3 Å². The van der Waals surface area contributed by atoms with Gasteiger partial charge in [-0.2, -0.15) is 0 Å². The van der Waals surface area contributed by atoms with Crippen molar-refractivity contribution in [2.75, 3.05) is 6.61 Å². The lowest BCUT2D eigenvalue weighted by Gasteiger charge is -2.10. The van der Waals surface area contributed by atoms with Gasteiger partial charge in [0.2, 0.25) is 0 Å². The maximum absolute atomic E-state index is 13.4. The van der Waals surface area contributed by atoms with Gasteiger partial charge in [-0.05, 0) is 31.0 Å². The van der Waals surface area contributed by atoms with Gasteiger partial charge in [0.1, 0.15) is 6.61 Å². The Morgan fingerprint density at radius 3 is 2.18 bits per heavy atom. The van der Waals surface area contributed by atoms with Crippen LogP contribution in [0.1, 0.15) is 12.5 Å². The second kappa shape index (κ2) is 5.86. The van der Waals surface area contributed by atoms with Gasteiger partial charge >= 0.3 is 0 Å². The van der Waals surface area contributed by atoms with E-state index in [4.69, 9.17) is 5.73 Å². The lowest BCUT2D eigenvalue weighted by molar-refractivity contribution is 0.0777. The largest absolute Gasteiger partial charge is 0.482 e. The standard InChI is InChI=1S/C11H13F4NO/c1-6(16)2-7-3-8(12)11(9(13)4-7)17-5-10(14)15/h3-4,6,10H,2,5,16H2,1H3. The normalized spacial score (nSPS) is 12.9. The number of nitrogens with two attached hydrogens (primary N) is 1. The molecule has 0 aliphatic rings. The number of ether oxygens (including phenoxy) is 1. The van der Waals surface area contributed by atoms with Crippen LogP contribution in [0.25, 0.3) is 0 Å². The van der Waals surface area contributed by atoms with E-state index in [0.29, 0.717) is 12.0 Å². The quantitative estimate of drug-likeness (QED) is 0.816. The van der Waals surface area contributed by atoms with Crippen molar-refractivity contribution in [1.82, 2.24) is 0 Å². The molecule has 0 saturated carbocycles. The van der Waals surface area contributed by atoms with Crippen molar-refractivity contribution in [3.63, 3.8) is 0 Å². The van der Waals surface area contributed by atoms with E-state index in [2.05, 4.69) is 4.74 Å². The van der Waals surface area contributed by atoms with Crippen molar-refractivity contribution in [2.45, 2.75) is 25.8 Å². The first-order valence-electron chi connectivity index (χ1n) is 5.04. The molecule has 1 atom stereocenters. The molecule has 1 aromatic carbocycles. The number of alkyl halides is 2. The average molecular weight is 251 g/mol. The van der Waals surface area contributed by atoms with Crippen LogP contribution < -0.4 is 10.5 Å². The van der Waals surface area contributed by atoms with E-state index in [1.54, 1.807) is 6.92 Å². The van der Waals surface area contributed by atoms with Crippen LogP contribution in [-0.4, -0.2) is 19.1 Å². The molecule has 2 N–H and O–H groups in total. The summed E-state index contributed by atoms with van der Waals surface area (Å²) >= 11 is 0. The van der Waals surface area contributed by atoms with E-state index in [1.165, 1.54) is 0 Å². The Bertz CT molecular complexity index is 359. The summed E-state index contributed by atoms with van der Waals surface area (Å²) in [5.74, 6) is -2.78. The first-order chi connectivity index (χ1) is 7.90. The second-order valence-corrected chi connectivity index (χ2v) is 3.77. The molecule has 96 valence electrons. The molecular weight excluding hydrogens is 238 g/mol. The van der Waals surface area contributed by atoms with Gasteiger partial charge < -0.3 is 10.5 Å². The van der Waals surface area contributed by atoms with Gasteiger partial charge in [-0.15, -0.1) is 0 Å². The molecule has 0 radical (unpaired) electrons. The summed E-state index contributed by atoms with van der Waals surface area (Å²) in [4.78, 5) is 0. The first-order valence-corrected chi connectivity index (χ1v) is 5.04. The molecule has 0 aliphatic carbocycles. The Morgan fingerprint density at radius 2 is 1.76 bits per heavy atom. The Hall–Kier alpha value is -1.30. The summed E-state index contributed by atoms with van der Waals surface area (Å²) in [5.41, 5.74) is 5.85. The SMILES string of the molecule is CC(N)Cc1cc(F)c(OCC(F)F)c(F)c1. The molecular formula is C11H13F4NO. The smallest absolute Gasteiger partial charge is 0.272 e. The molecule has 1 rings (SSSR count). The van der Waals surface area contributed by atoms with E-state index in [-0.39, 0.29) is 6.04 Å². The highest BCUT2D eigenvalue weighted by Crippen LogP contribution is 2.24. The number of hydrogen-bond donors (Lipinski definition) is 1. The maximum Gasteiger partial charge on any atom is 0.272 e. The van der Waals surface area contributed by atoms with E-state index >= 15 is 0 Å². The summed E-state index contributed by atoms with van der Waals surface area (Å²) in [5, 5.41) is 0. The van der Waals surface area contributed by atoms with Crippen LogP contribution in [0.15, 0.2) is 12.1 Å². The summed E-state index contributed by atoms with van der Waals surface area (Å²) in [7, 11) is 0. The summed E-state index contributed by atoms with van der Waals surface area (Å²) in [6.07, 6.45) is -2.49. The fourth-order valence-corrected chi connectivity index (χ4v) is 1.39. The highest BCUT2D eigenvalue weighted by Gasteiger charge is 2.15. The van der Waals surface area contributed by atoms with Gasteiger partial charge in [-0.25, -0.2) is 17.6 Å². The Balaban J connectivity index is 2.86. The topological polar surface area (TPSA) is 35.2 Å². The van der Waals surface area contributed by atoms with Crippen LogP contribution in [0.4, 0.5) is 17.6 Å². The highest BCUT2D eigenvalue weighted by molar-refractivity contribution is 5.31. The van der Waals surface area contributed by atoms with Crippen LogP contribution in [0.2, 0.25) is 0 Å². The van der Waals surface area contributed by atoms with Crippen LogP contribution in [0.3, 0.4) is 0 Å². The molecule has 1 aromatic rings. The maximum atomic E-state index is 13.4. The van der Waals surface area contributed by atoms with E-state index < -0.39 is 30.4 Å². The highest BCUT2D eigenvalue weighted by atomic mass is 19.3. The number of rotatable bonds is 5. The molecule has 17 heavy (non-hydrogen) atoms. The molecule has 6 heteroatoms. The molecule has 0 aromatic heterocycles. The molecule has 0 amide bonds. The van der Waals surface area contributed by atoms with Crippen LogP contribution in [-0.2, 0) is 6.42 Å². The summed E-state index contributed by atoms with van der Waals surface area (Å²) in [6, 6.07) is 1.82. The van der Waals surface area contributed by atoms with Gasteiger partial charge in [0.15, 0.2) is 17.4 Å². The molecule has 0 saturated heterocycles. The monoisotopic (exact) mass is 251 g/mol. The molecule has 0 bridgehead atoms. The van der Waals surface area contributed by atoms with Gasteiger partial charge in [0, 0.05) is 6.04 Å². The number of hydrogen-bond acceptors (Lipinski definition) is 2. The van der Waals surface area contributed by atoms with Crippen molar-refractivity contribution in [1.29, 1.82) is 0 Å². The van der Waals surface area contributed by atoms with Gasteiger partial charge in [-0.1, -0.05) is 0 Å². The fourth-order valence-electron chi connectivity index (χ4n) is 1.39. The summed E-state index contributed by atoms with van der Waals surface area (Å²) < 4.78 is 54.8. The van der Waals surface area contributed by atoms with Crippen molar-refractivity contribution in [3.8, 4) is 5.75 Å². The predicted molar refractivity (Wildman–Crippen MR) is 55.2 cm³/mol. The van der Waals surface area contributed by atoms with Crippen molar-refractivity contribution < 1.29 is 22.3 Å². The Kier molecular flexibility index (Phi) is 4.74. The molecule has 2 nitrogen and oxygen atoms in total. The minimum atomic E-state index is -2.78. The first kappa shape index (κ1) is 13.8. The van der Waals surface area contributed by atoms with Crippen LogP contribution >= 0.6 is 0 Å². The molecule has 0 fully saturated rings. The fraction of sp³-hybridized carbons (Fsp3) is 0.455. The zero-order valence-electron chi connectivity index (χ0n) is 9.22. The van der Waals surface area contributed by atoms with Gasteiger partial charge in [0.25, 0.3) is 6.43 Å². The van der Waals surface area contributed by atoms with Crippen LogP contribution in [0, 0.1) is 11.6 Å².